The molecule has 0 radical (unpaired) electrons. The largest absolute Gasteiger partial charge is 0.383 e. The van der Waals surface area contributed by atoms with Crippen LogP contribution in [0.5, 0.6) is 0 Å². The van der Waals surface area contributed by atoms with Gasteiger partial charge < -0.3 is 9.64 Å². The molecule has 0 aromatic carbocycles. The Morgan fingerprint density at radius 1 is 1.38 bits per heavy atom. The van der Waals surface area contributed by atoms with Gasteiger partial charge in [-0.2, -0.15) is 0 Å². The number of aromatic nitrogens is 5. The van der Waals surface area contributed by atoms with Crippen molar-refractivity contribution in [2.75, 3.05) is 40.9 Å². The van der Waals surface area contributed by atoms with Gasteiger partial charge >= 0.3 is 0 Å². The average Bonchev–Trinajstić information content (AvgIpc) is 3.30. The minimum absolute atomic E-state index is 0.0349. The molecule has 9 nitrogen and oxygen atoms in total. The van der Waals surface area contributed by atoms with Gasteiger partial charge in [0.05, 0.1) is 23.9 Å². The van der Waals surface area contributed by atoms with Gasteiger partial charge in [-0.3, -0.25) is 9.69 Å². The van der Waals surface area contributed by atoms with Gasteiger partial charge in [-0.25, -0.2) is 9.67 Å². The van der Waals surface area contributed by atoms with Crippen molar-refractivity contribution in [1.29, 1.82) is 0 Å². The highest BCUT2D eigenvalue weighted by atomic mass is 32.1. The van der Waals surface area contributed by atoms with Crippen LogP contribution in [0.1, 0.15) is 32.6 Å². The van der Waals surface area contributed by atoms with Crippen LogP contribution < -0.4 is 0 Å². The number of tetrazole rings is 1. The number of methoxy groups -OCH3 is 1. The molecule has 0 unspecified atom stereocenters. The zero-order valence-electron chi connectivity index (χ0n) is 15.9. The molecule has 142 valence electrons. The van der Waals surface area contributed by atoms with Crippen LogP contribution in [0.3, 0.4) is 0 Å². The number of likely N-dealkylation sites (tertiary alicyclic amines) is 1. The first-order valence-electron chi connectivity index (χ1n) is 8.55. The van der Waals surface area contributed by atoms with E-state index in [-0.39, 0.29) is 5.91 Å². The summed E-state index contributed by atoms with van der Waals surface area (Å²) in [7, 11) is 5.66. The highest BCUT2D eigenvalue weighted by molar-refractivity contribution is 7.13. The smallest absolute Gasteiger partial charge is 0.265 e. The summed E-state index contributed by atoms with van der Waals surface area (Å²) in [6, 6.07) is 0. The Morgan fingerprint density at radius 2 is 2.15 bits per heavy atom. The third kappa shape index (κ3) is 3.24. The maximum Gasteiger partial charge on any atom is 0.265 e. The van der Waals surface area contributed by atoms with Crippen molar-refractivity contribution >= 4 is 17.2 Å². The molecule has 1 saturated heterocycles. The summed E-state index contributed by atoms with van der Waals surface area (Å²) in [4.78, 5) is 22.1. The molecule has 1 aliphatic rings. The first-order valence-corrected chi connectivity index (χ1v) is 9.37. The van der Waals surface area contributed by atoms with Gasteiger partial charge in [-0.1, -0.05) is 0 Å². The van der Waals surface area contributed by atoms with Crippen molar-refractivity contribution in [3.8, 4) is 0 Å². The van der Waals surface area contributed by atoms with Crippen molar-refractivity contribution in [1.82, 2.24) is 35.0 Å². The topological polar surface area (TPSA) is 89.3 Å². The minimum atomic E-state index is -0.416. The molecule has 26 heavy (non-hydrogen) atoms. The Morgan fingerprint density at radius 3 is 2.77 bits per heavy atom. The second kappa shape index (κ2) is 7.37. The molecule has 3 rings (SSSR count). The summed E-state index contributed by atoms with van der Waals surface area (Å²) >= 11 is 1.45. The summed E-state index contributed by atoms with van der Waals surface area (Å²) in [6.07, 6.45) is 0.774. The molecule has 0 bridgehead atoms. The Hall–Kier alpha value is -1.91. The molecule has 1 fully saturated rings. The number of carbonyl (C=O) groups is 1. The first-order chi connectivity index (χ1) is 12.4. The Balaban J connectivity index is 1.88. The van der Waals surface area contributed by atoms with Gasteiger partial charge in [0, 0.05) is 20.2 Å². The van der Waals surface area contributed by atoms with Crippen molar-refractivity contribution in [3.63, 3.8) is 0 Å². The molecule has 1 amide bonds. The number of aryl methyl sites for hydroxylation is 2. The average molecular weight is 379 g/mol. The van der Waals surface area contributed by atoms with Crippen LogP contribution in [0.2, 0.25) is 0 Å². The monoisotopic (exact) mass is 379 g/mol. The van der Waals surface area contributed by atoms with E-state index in [0.29, 0.717) is 26.2 Å². The van der Waals surface area contributed by atoms with Gasteiger partial charge in [0.2, 0.25) is 0 Å². The van der Waals surface area contributed by atoms with E-state index in [2.05, 4.69) is 25.4 Å². The molecular weight excluding hydrogens is 354 g/mol. The van der Waals surface area contributed by atoms with E-state index >= 15 is 0 Å². The summed E-state index contributed by atoms with van der Waals surface area (Å²) in [5, 5.41) is 13.2. The lowest BCUT2D eigenvalue weighted by Gasteiger charge is -2.34. The molecule has 0 spiro atoms. The number of hydrogen-bond acceptors (Lipinski definition) is 8. The normalized spacial score (nSPS) is 20.3. The third-order valence-electron chi connectivity index (χ3n) is 4.94. The molecular formula is C16H25N7O2S. The lowest BCUT2D eigenvalue weighted by molar-refractivity contribution is 0.0740. The van der Waals surface area contributed by atoms with Crippen LogP contribution in [0.15, 0.2) is 0 Å². The second-order valence-corrected chi connectivity index (χ2v) is 7.97. The van der Waals surface area contributed by atoms with Crippen molar-refractivity contribution in [3.05, 3.63) is 21.4 Å². The fourth-order valence-electron chi connectivity index (χ4n) is 3.45. The fourth-order valence-corrected chi connectivity index (χ4v) is 4.34. The predicted octanol–water partition coefficient (Wildman–Crippen LogP) is 0.696. The number of carbonyl (C=O) groups excluding carboxylic acids is 1. The van der Waals surface area contributed by atoms with Crippen molar-refractivity contribution in [2.24, 2.45) is 0 Å². The molecule has 1 aliphatic heterocycles. The van der Waals surface area contributed by atoms with Crippen LogP contribution in [-0.2, 0) is 16.8 Å². The number of rotatable bonds is 6. The molecule has 2 aromatic rings. The maximum absolute atomic E-state index is 13.0. The van der Waals surface area contributed by atoms with Gasteiger partial charge in [-0.05, 0) is 44.8 Å². The summed E-state index contributed by atoms with van der Waals surface area (Å²) in [5.41, 5.74) is 0.380. The highest BCUT2D eigenvalue weighted by Gasteiger charge is 2.47. The van der Waals surface area contributed by atoms with Gasteiger partial charge in [-0.15, -0.1) is 16.4 Å². The van der Waals surface area contributed by atoms with E-state index < -0.39 is 5.54 Å². The summed E-state index contributed by atoms with van der Waals surface area (Å²) < 4.78 is 6.94. The molecule has 0 aliphatic carbocycles. The third-order valence-corrected chi connectivity index (χ3v) is 6.00. The maximum atomic E-state index is 13.0. The van der Waals surface area contributed by atoms with Gasteiger partial charge in [0.25, 0.3) is 5.91 Å². The standard InChI is InChI=1S/C16H25N7O2S/c1-11-13(26-12(2)17-11)14(24)22-7-6-16(10-22,21(3)4)15-18-19-20-23(15)8-9-25-5/h6-10H2,1-5H3/t16-/m0/s1. The van der Waals surface area contributed by atoms with Crippen LogP contribution in [0, 0.1) is 13.8 Å². The lowest BCUT2D eigenvalue weighted by Crippen LogP contribution is -2.47. The molecule has 0 N–H and O–H groups in total. The number of nitrogens with zero attached hydrogens (tertiary/aromatic N) is 7. The quantitative estimate of drug-likeness (QED) is 0.730. The van der Waals surface area contributed by atoms with Crippen LogP contribution in [0.4, 0.5) is 0 Å². The fraction of sp³-hybridized carbons (Fsp3) is 0.688. The molecule has 10 heteroatoms. The first kappa shape index (κ1) is 18.9. The molecule has 1 atom stereocenters. The SMILES string of the molecule is COCCn1nnnc1[C@]1(N(C)C)CCN(C(=O)c2sc(C)nc2C)C1. The van der Waals surface area contributed by atoms with Crippen molar-refractivity contribution < 1.29 is 9.53 Å². The Kier molecular flexibility index (Phi) is 5.35. The zero-order chi connectivity index (χ0) is 18.9. The van der Waals surface area contributed by atoms with Crippen LogP contribution in [0.25, 0.3) is 0 Å². The number of hydrogen-bond donors (Lipinski definition) is 0. The van der Waals surface area contributed by atoms with Crippen LogP contribution >= 0.6 is 11.3 Å². The minimum Gasteiger partial charge on any atom is -0.383 e. The van der Waals surface area contributed by atoms with Crippen molar-refractivity contribution in [2.45, 2.75) is 32.4 Å². The van der Waals surface area contributed by atoms with Crippen LogP contribution in [-0.4, -0.2) is 81.8 Å². The van der Waals surface area contributed by atoms with E-state index in [0.717, 1.165) is 27.8 Å². The highest BCUT2D eigenvalue weighted by Crippen LogP contribution is 2.36. The zero-order valence-corrected chi connectivity index (χ0v) is 16.7. The summed E-state index contributed by atoms with van der Waals surface area (Å²) in [5.74, 6) is 0.805. The molecule has 2 aromatic heterocycles. The van der Waals surface area contributed by atoms with E-state index in [4.69, 9.17) is 4.74 Å². The second-order valence-electron chi connectivity index (χ2n) is 6.77. The van der Waals surface area contributed by atoms with Gasteiger partial charge in [0.15, 0.2) is 5.82 Å². The van der Waals surface area contributed by atoms with E-state index in [9.17, 15) is 4.79 Å². The molecule has 3 heterocycles. The number of ether oxygens (including phenoxy) is 1. The number of amides is 1. The van der Waals surface area contributed by atoms with Gasteiger partial charge in [0.1, 0.15) is 10.4 Å². The Bertz CT molecular complexity index is 787. The predicted molar refractivity (Wildman–Crippen MR) is 97.2 cm³/mol. The number of thiazole rings is 1. The molecule has 0 saturated carbocycles. The van der Waals surface area contributed by atoms with E-state index in [1.165, 1.54) is 11.3 Å². The Labute approximate surface area is 157 Å². The summed E-state index contributed by atoms with van der Waals surface area (Å²) in [6.45, 7) is 6.12. The van der Waals surface area contributed by atoms with E-state index in [1.807, 2.05) is 32.8 Å². The number of likely N-dealkylation sites (N-methyl/N-ethyl adjacent to an activating group) is 1. The lowest BCUT2D eigenvalue weighted by atomic mass is 9.96. The van der Waals surface area contributed by atoms with E-state index in [1.54, 1.807) is 11.8 Å².